The Labute approximate surface area is 200 Å². The predicted octanol–water partition coefficient (Wildman–Crippen LogP) is 5.08. The van der Waals surface area contributed by atoms with Crippen molar-refractivity contribution in [3.63, 3.8) is 0 Å². The van der Waals surface area contributed by atoms with Gasteiger partial charge in [0, 0.05) is 29.9 Å². The zero-order chi connectivity index (χ0) is 25.4. The molecule has 1 aromatic heterocycles. The predicted molar refractivity (Wildman–Crippen MR) is 129 cm³/mol. The maximum absolute atomic E-state index is 13.2. The molecule has 1 amide bonds. The highest BCUT2D eigenvalue weighted by Crippen LogP contribution is 2.34. The number of halogens is 3. The Bertz CT molecular complexity index is 1240. The number of ether oxygens (including phenoxy) is 1. The molecule has 186 valence electrons. The number of anilines is 4. The summed E-state index contributed by atoms with van der Waals surface area (Å²) in [4.78, 5) is 23.3. The molecule has 35 heavy (non-hydrogen) atoms. The summed E-state index contributed by atoms with van der Waals surface area (Å²) in [6.07, 6.45) is -4.33. The normalized spacial score (nSPS) is 16.4. The number of nitrogens with zero attached hydrogens (tertiary/aromatic N) is 3. The van der Waals surface area contributed by atoms with E-state index in [1.807, 2.05) is 23.1 Å². The van der Waals surface area contributed by atoms with Crippen LogP contribution in [0.2, 0.25) is 0 Å². The second-order valence-corrected chi connectivity index (χ2v) is 9.43. The number of nitrogens with two attached hydrogens (primary N) is 1. The fourth-order valence-electron chi connectivity index (χ4n) is 3.92. The number of alkyl halides is 3. The second-order valence-electron chi connectivity index (χ2n) is 9.43. The summed E-state index contributed by atoms with van der Waals surface area (Å²) >= 11 is 0. The number of benzene rings is 2. The third kappa shape index (κ3) is 6.03. The van der Waals surface area contributed by atoms with Gasteiger partial charge in [0.15, 0.2) is 0 Å². The molecule has 8 nitrogen and oxygen atoms in total. The average Bonchev–Trinajstić information content (AvgIpc) is 3.19. The summed E-state index contributed by atoms with van der Waals surface area (Å²) in [6, 6.07) is 10.5. The Kier molecular flexibility index (Phi) is 6.35. The summed E-state index contributed by atoms with van der Waals surface area (Å²) in [5, 5.41) is 6.54. The van der Waals surface area contributed by atoms with Crippen molar-refractivity contribution >= 4 is 40.1 Å². The molecule has 0 spiro atoms. The number of fused-ring (bicyclic) bond motifs is 1. The first kappa shape index (κ1) is 24.4. The van der Waals surface area contributed by atoms with Crippen LogP contribution in [0.15, 0.2) is 42.5 Å². The van der Waals surface area contributed by atoms with Gasteiger partial charge in [-0.3, -0.25) is 0 Å². The Morgan fingerprint density at radius 1 is 1.14 bits per heavy atom. The second kappa shape index (κ2) is 9.12. The van der Waals surface area contributed by atoms with Crippen molar-refractivity contribution in [1.29, 1.82) is 0 Å². The minimum absolute atomic E-state index is 0.0288. The van der Waals surface area contributed by atoms with Crippen LogP contribution in [-0.4, -0.2) is 40.8 Å². The van der Waals surface area contributed by atoms with Crippen LogP contribution >= 0.6 is 0 Å². The molecule has 3 aromatic rings. The highest BCUT2D eigenvalue weighted by atomic mass is 19.4. The van der Waals surface area contributed by atoms with E-state index in [0.29, 0.717) is 30.8 Å². The van der Waals surface area contributed by atoms with Crippen LogP contribution in [0, 0.1) is 0 Å². The zero-order valence-electron chi connectivity index (χ0n) is 19.6. The van der Waals surface area contributed by atoms with Gasteiger partial charge >= 0.3 is 12.3 Å². The fourth-order valence-corrected chi connectivity index (χ4v) is 3.92. The van der Waals surface area contributed by atoms with Crippen molar-refractivity contribution in [3.8, 4) is 0 Å². The third-order valence-corrected chi connectivity index (χ3v) is 5.33. The molecule has 1 aliphatic rings. The molecule has 0 unspecified atom stereocenters. The number of hydrogen-bond acceptors (Lipinski definition) is 7. The standard InChI is InChI=1S/C24H27F3N6O2/c1-23(2,3)35-22(34)30-16-8-9-33(13-16)20-18-6-4-5-7-19(18)31-21(32-20)29-17-11-14(24(25,26)27)10-15(28)12-17/h4-7,10-12,16H,8-9,13,28H2,1-3H3,(H,30,34)(H,29,31,32)/t16-/m0/s1. The van der Waals surface area contributed by atoms with Gasteiger partial charge in [-0.05, 0) is 57.5 Å². The largest absolute Gasteiger partial charge is 0.444 e. The highest BCUT2D eigenvalue weighted by molar-refractivity contribution is 5.91. The van der Waals surface area contributed by atoms with Gasteiger partial charge in [-0.2, -0.15) is 18.2 Å². The number of amides is 1. The van der Waals surface area contributed by atoms with Gasteiger partial charge in [0.2, 0.25) is 5.95 Å². The van der Waals surface area contributed by atoms with Gasteiger partial charge in [-0.25, -0.2) is 9.78 Å². The lowest BCUT2D eigenvalue weighted by atomic mass is 10.1. The van der Waals surface area contributed by atoms with Crippen molar-refractivity contribution < 1.29 is 22.7 Å². The van der Waals surface area contributed by atoms with Crippen LogP contribution in [0.5, 0.6) is 0 Å². The van der Waals surface area contributed by atoms with Crippen LogP contribution in [0.4, 0.5) is 41.1 Å². The third-order valence-electron chi connectivity index (χ3n) is 5.33. The molecule has 4 rings (SSSR count). The number of carbonyl (C=O) groups excluding carboxylic acids is 1. The summed E-state index contributed by atoms with van der Waals surface area (Å²) in [5.74, 6) is 0.757. The molecule has 0 bridgehead atoms. The van der Waals surface area contributed by atoms with E-state index in [-0.39, 0.29) is 23.4 Å². The number of carbonyl (C=O) groups is 1. The minimum Gasteiger partial charge on any atom is -0.444 e. The van der Waals surface area contributed by atoms with E-state index < -0.39 is 23.4 Å². The van der Waals surface area contributed by atoms with Gasteiger partial charge in [0.1, 0.15) is 11.4 Å². The van der Waals surface area contributed by atoms with Gasteiger partial charge in [-0.1, -0.05) is 12.1 Å². The maximum atomic E-state index is 13.2. The molecule has 0 aliphatic carbocycles. The zero-order valence-corrected chi connectivity index (χ0v) is 19.6. The molecule has 1 aliphatic heterocycles. The van der Waals surface area contributed by atoms with Crippen molar-refractivity contribution in [3.05, 3.63) is 48.0 Å². The Morgan fingerprint density at radius 3 is 2.60 bits per heavy atom. The minimum atomic E-state index is -4.53. The van der Waals surface area contributed by atoms with Gasteiger partial charge in [-0.15, -0.1) is 0 Å². The summed E-state index contributed by atoms with van der Waals surface area (Å²) in [5.41, 5.74) is 4.95. The van der Waals surface area contributed by atoms with Crippen molar-refractivity contribution in [2.45, 2.75) is 45.0 Å². The first-order valence-electron chi connectivity index (χ1n) is 11.1. The van der Waals surface area contributed by atoms with E-state index in [9.17, 15) is 18.0 Å². The molecule has 0 radical (unpaired) electrons. The summed E-state index contributed by atoms with van der Waals surface area (Å²) in [6.45, 7) is 6.51. The molecule has 1 atom stereocenters. The topological polar surface area (TPSA) is 105 Å². The van der Waals surface area contributed by atoms with E-state index in [0.717, 1.165) is 17.5 Å². The molecule has 1 fully saturated rings. The van der Waals surface area contributed by atoms with Crippen molar-refractivity contribution in [2.75, 3.05) is 29.0 Å². The number of para-hydroxylation sites is 1. The van der Waals surface area contributed by atoms with Crippen LogP contribution < -0.4 is 21.3 Å². The number of nitrogens with one attached hydrogen (secondary N) is 2. The lowest BCUT2D eigenvalue weighted by Gasteiger charge is -2.23. The molecule has 11 heteroatoms. The van der Waals surface area contributed by atoms with E-state index in [1.165, 1.54) is 6.07 Å². The fraction of sp³-hybridized carbons (Fsp3) is 0.375. The Morgan fingerprint density at radius 2 is 1.89 bits per heavy atom. The lowest BCUT2D eigenvalue weighted by Crippen LogP contribution is -2.40. The molecular weight excluding hydrogens is 461 g/mol. The first-order chi connectivity index (χ1) is 16.4. The molecule has 2 aromatic carbocycles. The lowest BCUT2D eigenvalue weighted by molar-refractivity contribution is -0.137. The number of aromatic nitrogens is 2. The first-order valence-corrected chi connectivity index (χ1v) is 11.1. The van der Waals surface area contributed by atoms with Crippen molar-refractivity contribution in [2.24, 2.45) is 0 Å². The number of hydrogen-bond donors (Lipinski definition) is 3. The molecule has 4 N–H and O–H groups in total. The monoisotopic (exact) mass is 488 g/mol. The van der Waals surface area contributed by atoms with Gasteiger partial charge in [0.05, 0.1) is 17.1 Å². The molecular formula is C24H27F3N6O2. The van der Waals surface area contributed by atoms with Crippen LogP contribution in [0.3, 0.4) is 0 Å². The van der Waals surface area contributed by atoms with Crippen LogP contribution in [0.25, 0.3) is 10.9 Å². The maximum Gasteiger partial charge on any atom is 0.416 e. The molecule has 1 saturated heterocycles. The molecule has 0 saturated carbocycles. The average molecular weight is 489 g/mol. The van der Waals surface area contributed by atoms with E-state index in [2.05, 4.69) is 20.6 Å². The summed E-state index contributed by atoms with van der Waals surface area (Å²) < 4.78 is 45.0. The van der Waals surface area contributed by atoms with Crippen LogP contribution in [0.1, 0.15) is 32.8 Å². The van der Waals surface area contributed by atoms with Crippen LogP contribution in [-0.2, 0) is 10.9 Å². The number of nitrogen functional groups attached to an aromatic ring is 1. The smallest absolute Gasteiger partial charge is 0.416 e. The Hall–Kier alpha value is -3.76. The van der Waals surface area contributed by atoms with Gasteiger partial charge in [0.25, 0.3) is 0 Å². The summed E-state index contributed by atoms with van der Waals surface area (Å²) in [7, 11) is 0. The Balaban J connectivity index is 1.60. The SMILES string of the molecule is CC(C)(C)OC(=O)N[C@H]1CCN(c2nc(Nc3cc(N)cc(C(F)(F)F)c3)nc3ccccc23)C1. The van der Waals surface area contributed by atoms with Gasteiger partial charge < -0.3 is 26.0 Å². The van der Waals surface area contributed by atoms with E-state index >= 15 is 0 Å². The van der Waals surface area contributed by atoms with E-state index in [1.54, 1.807) is 26.8 Å². The highest BCUT2D eigenvalue weighted by Gasteiger charge is 2.31. The van der Waals surface area contributed by atoms with Crippen molar-refractivity contribution in [1.82, 2.24) is 15.3 Å². The van der Waals surface area contributed by atoms with E-state index in [4.69, 9.17) is 10.5 Å². The quantitative estimate of drug-likeness (QED) is 0.440. The number of rotatable bonds is 4. The number of alkyl carbamates (subject to hydrolysis) is 1. The molecule has 2 heterocycles.